The second-order valence-corrected chi connectivity index (χ2v) is 8.19. The smallest absolute Gasteiger partial charge is 0.118 e. The lowest BCUT2D eigenvalue weighted by Gasteiger charge is -2.41. The zero-order valence-corrected chi connectivity index (χ0v) is 16.4. The van der Waals surface area contributed by atoms with Crippen molar-refractivity contribution in [1.82, 2.24) is 4.90 Å². The average molecular weight is 364 g/mol. The lowest BCUT2D eigenvalue weighted by molar-refractivity contribution is 0.195. The Bertz CT molecular complexity index is 819. The molecule has 2 unspecified atom stereocenters. The Morgan fingerprint density at radius 3 is 2.70 bits per heavy atom. The molecule has 0 spiro atoms. The Morgan fingerprint density at radius 2 is 1.89 bits per heavy atom. The number of likely N-dealkylation sites (tertiary alicyclic amines) is 1. The maximum Gasteiger partial charge on any atom is 0.118 e. The van der Waals surface area contributed by atoms with Crippen LogP contribution in [0.4, 0.5) is 11.4 Å². The van der Waals surface area contributed by atoms with Gasteiger partial charge < -0.3 is 19.4 Å². The number of para-hydroxylation sites is 1. The van der Waals surface area contributed by atoms with E-state index in [1.54, 1.807) is 12.7 Å². The second kappa shape index (κ2) is 6.75. The molecule has 1 saturated heterocycles. The van der Waals surface area contributed by atoms with E-state index in [0.717, 1.165) is 25.3 Å². The van der Waals surface area contributed by atoms with Crippen molar-refractivity contribution in [3.8, 4) is 5.75 Å². The predicted molar refractivity (Wildman–Crippen MR) is 111 cm³/mol. The average Bonchev–Trinajstić information content (AvgIpc) is 3.04. The lowest BCUT2D eigenvalue weighted by Crippen LogP contribution is -2.49. The number of methoxy groups -OCH3 is 1. The van der Waals surface area contributed by atoms with Gasteiger partial charge in [0.25, 0.3) is 0 Å². The summed E-state index contributed by atoms with van der Waals surface area (Å²) in [5.41, 5.74) is 5.93. The van der Waals surface area contributed by atoms with Crippen LogP contribution in [-0.2, 0) is 6.42 Å². The van der Waals surface area contributed by atoms with Gasteiger partial charge in [-0.3, -0.25) is 0 Å². The molecule has 0 amide bonds. The molecule has 2 aromatic rings. The molecule has 0 N–H and O–H groups in total. The monoisotopic (exact) mass is 363 g/mol. The standard InChI is InChI=1S/C23H29N3O/c1-24-14-15-26-21-11-13-25(12-10-17-6-8-18(27-2)9-7-17)16-20(21)19-4-3-5-22(24)23(19)26/h3-9,20-21H,10-16H2,1-2H3. The SMILES string of the molecule is COc1ccc(CCN2CCC3C(C2)c2cccc4c2N3CCN4C)cc1. The van der Waals surface area contributed by atoms with Gasteiger partial charge in [-0.15, -0.1) is 0 Å². The molecule has 4 nitrogen and oxygen atoms in total. The Balaban J connectivity index is 1.30. The van der Waals surface area contributed by atoms with Gasteiger partial charge in [-0.1, -0.05) is 24.3 Å². The van der Waals surface area contributed by atoms with Crippen LogP contribution in [0.1, 0.15) is 23.5 Å². The number of hydrogen-bond donors (Lipinski definition) is 0. The molecule has 3 aliphatic rings. The van der Waals surface area contributed by atoms with Crippen molar-refractivity contribution in [2.45, 2.75) is 24.8 Å². The van der Waals surface area contributed by atoms with Gasteiger partial charge >= 0.3 is 0 Å². The molecule has 2 aromatic carbocycles. The third kappa shape index (κ3) is 2.87. The summed E-state index contributed by atoms with van der Waals surface area (Å²) in [6.45, 7) is 5.86. The highest BCUT2D eigenvalue weighted by atomic mass is 16.5. The maximum atomic E-state index is 5.27. The van der Waals surface area contributed by atoms with Crippen LogP contribution in [0.15, 0.2) is 42.5 Å². The van der Waals surface area contributed by atoms with Gasteiger partial charge in [0.1, 0.15) is 5.75 Å². The molecule has 4 heteroatoms. The van der Waals surface area contributed by atoms with Crippen LogP contribution in [0, 0.1) is 0 Å². The quantitative estimate of drug-likeness (QED) is 0.829. The third-order valence-corrected chi connectivity index (χ3v) is 6.76. The van der Waals surface area contributed by atoms with Gasteiger partial charge in [0.15, 0.2) is 0 Å². The Kier molecular flexibility index (Phi) is 4.24. The van der Waals surface area contributed by atoms with E-state index >= 15 is 0 Å². The normalized spacial score (nSPS) is 23.9. The number of likely N-dealkylation sites (N-methyl/N-ethyl adjacent to an activating group) is 1. The molecule has 1 fully saturated rings. The first-order valence-electron chi connectivity index (χ1n) is 10.2. The molecule has 0 aliphatic carbocycles. The van der Waals surface area contributed by atoms with Crippen molar-refractivity contribution in [1.29, 1.82) is 0 Å². The van der Waals surface area contributed by atoms with Crippen molar-refractivity contribution < 1.29 is 4.74 Å². The third-order valence-electron chi connectivity index (χ3n) is 6.76. The molecule has 142 valence electrons. The fourth-order valence-corrected chi connectivity index (χ4v) is 5.26. The first-order valence-corrected chi connectivity index (χ1v) is 10.2. The largest absolute Gasteiger partial charge is 0.497 e. The van der Waals surface area contributed by atoms with Crippen molar-refractivity contribution in [3.63, 3.8) is 0 Å². The van der Waals surface area contributed by atoms with Crippen molar-refractivity contribution in [3.05, 3.63) is 53.6 Å². The lowest BCUT2D eigenvalue weighted by atomic mass is 9.89. The number of fused-ring (bicyclic) bond motifs is 3. The van der Waals surface area contributed by atoms with Crippen molar-refractivity contribution >= 4 is 11.4 Å². The molecule has 3 aliphatic heterocycles. The summed E-state index contributed by atoms with van der Waals surface area (Å²) in [5, 5.41) is 0. The Hall–Kier alpha value is -2.20. The fourth-order valence-electron chi connectivity index (χ4n) is 5.26. The molecule has 3 heterocycles. The molecule has 0 radical (unpaired) electrons. The van der Waals surface area contributed by atoms with Crippen LogP contribution in [0.25, 0.3) is 0 Å². The van der Waals surface area contributed by atoms with Crippen LogP contribution in [-0.4, -0.2) is 57.8 Å². The van der Waals surface area contributed by atoms with E-state index in [4.69, 9.17) is 4.74 Å². The van der Waals surface area contributed by atoms with E-state index in [1.165, 1.54) is 43.0 Å². The Labute approximate surface area is 162 Å². The highest BCUT2D eigenvalue weighted by Crippen LogP contribution is 2.50. The van der Waals surface area contributed by atoms with Crippen LogP contribution in [0.2, 0.25) is 0 Å². The minimum Gasteiger partial charge on any atom is -0.497 e. The number of nitrogens with zero attached hydrogens (tertiary/aromatic N) is 3. The van der Waals surface area contributed by atoms with Gasteiger partial charge in [-0.2, -0.15) is 0 Å². The van der Waals surface area contributed by atoms with Crippen LogP contribution in [0.3, 0.4) is 0 Å². The van der Waals surface area contributed by atoms with Crippen LogP contribution in [0.5, 0.6) is 5.75 Å². The Morgan fingerprint density at radius 1 is 1.04 bits per heavy atom. The highest BCUT2D eigenvalue weighted by Gasteiger charge is 2.44. The van der Waals surface area contributed by atoms with E-state index < -0.39 is 0 Å². The second-order valence-electron chi connectivity index (χ2n) is 8.19. The van der Waals surface area contributed by atoms with E-state index in [9.17, 15) is 0 Å². The summed E-state index contributed by atoms with van der Waals surface area (Å²) in [6, 6.07) is 16.2. The van der Waals surface area contributed by atoms with Gasteiger partial charge in [0, 0.05) is 51.7 Å². The number of anilines is 2. The molecular weight excluding hydrogens is 334 g/mol. The molecule has 0 aromatic heterocycles. The summed E-state index contributed by atoms with van der Waals surface area (Å²) in [5.74, 6) is 1.60. The molecule has 0 bridgehead atoms. The van der Waals surface area contributed by atoms with Gasteiger partial charge in [0.2, 0.25) is 0 Å². The molecule has 0 saturated carbocycles. The molecular formula is C23H29N3O. The van der Waals surface area contributed by atoms with Gasteiger partial charge in [-0.25, -0.2) is 0 Å². The van der Waals surface area contributed by atoms with E-state index in [-0.39, 0.29) is 0 Å². The zero-order chi connectivity index (χ0) is 18.4. The molecule has 5 rings (SSSR count). The number of hydrogen-bond acceptors (Lipinski definition) is 4. The predicted octanol–water partition coefficient (Wildman–Crippen LogP) is 3.37. The van der Waals surface area contributed by atoms with Crippen LogP contribution < -0.4 is 14.5 Å². The summed E-state index contributed by atoms with van der Waals surface area (Å²) >= 11 is 0. The number of rotatable bonds is 4. The minimum absolute atomic E-state index is 0.663. The summed E-state index contributed by atoms with van der Waals surface area (Å²) in [7, 11) is 3.96. The van der Waals surface area contributed by atoms with E-state index in [0.29, 0.717) is 12.0 Å². The van der Waals surface area contributed by atoms with E-state index in [2.05, 4.69) is 64.2 Å². The number of piperidine rings is 1. The maximum absolute atomic E-state index is 5.27. The van der Waals surface area contributed by atoms with Crippen LogP contribution >= 0.6 is 0 Å². The summed E-state index contributed by atoms with van der Waals surface area (Å²) < 4.78 is 5.27. The molecule has 2 atom stereocenters. The topological polar surface area (TPSA) is 19.0 Å². The van der Waals surface area contributed by atoms with E-state index in [1.807, 2.05) is 0 Å². The summed E-state index contributed by atoms with van der Waals surface area (Å²) in [6.07, 6.45) is 2.39. The number of ether oxygens (including phenoxy) is 1. The van der Waals surface area contributed by atoms with Gasteiger partial charge in [0.05, 0.1) is 18.5 Å². The minimum atomic E-state index is 0.663. The zero-order valence-electron chi connectivity index (χ0n) is 16.4. The fraction of sp³-hybridized carbons (Fsp3) is 0.478. The first-order chi connectivity index (χ1) is 13.2. The van der Waals surface area contributed by atoms with Crippen molar-refractivity contribution in [2.75, 3.05) is 56.7 Å². The first kappa shape index (κ1) is 16.9. The summed E-state index contributed by atoms with van der Waals surface area (Å²) in [4.78, 5) is 7.82. The van der Waals surface area contributed by atoms with Crippen molar-refractivity contribution in [2.24, 2.45) is 0 Å². The molecule has 27 heavy (non-hydrogen) atoms. The number of benzene rings is 2. The highest BCUT2D eigenvalue weighted by molar-refractivity contribution is 5.80. The van der Waals surface area contributed by atoms with Gasteiger partial charge in [-0.05, 0) is 42.2 Å².